The summed E-state index contributed by atoms with van der Waals surface area (Å²) in [7, 11) is 0. The molecule has 5 nitrogen and oxygen atoms in total. The number of fused-ring (bicyclic) bond motifs is 1. The zero-order valence-corrected chi connectivity index (χ0v) is 15.8. The van der Waals surface area contributed by atoms with Gasteiger partial charge in [-0.05, 0) is 33.3 Å². The van der Waals surface area contributed by atoms with Gasteiger partial charge in [-0.2, -0.15) is 18.3 Å². The van der Waals surface area contributed by atoms with E-state index in [9.17, 15) is 22.4 Å². The number of carbonyl (C=O) groups excluding carboxylic acids is 1. The van der Waals surface area contributed by atoms with Gasteiger partial charge in [0.25, 0.3) is 0 Å². The largest absolute Gasteiger partial charge is 0.444 e. The van der Waals surface area contributed by atoms with Gasteiger partial charge in [-0.25, -0.2) is 9.18 Å². The summed E-state index contributed by atoms with van der Waals surface area (Å²) in [6, 6.07) is 5.84. The van der Waals surface area contributed by atoms with Gasteiger partial charge in [0.2, 0.25) is 0 Å². The first-order chi connectivity index (χ1) is 13.0. The highest BCUT2D eigenvalue weighted by molar-refractivity contribution is 5.68. The second-order valence-electron chi connectivity index (χ2n) is 7.67. The standard InChI is InChI=1S/C19H21F4N3O2/c1-18(2,3)28-17(27)25-9-8-13-15(11-25)26(24-16(13)19(21,22)23)10-12-6-4-5-7-14(12)20/h4-7H,8-11H2,1-3H3. The van der Waals surface area contributed by atoms with Gasteiger partial charge in [0.1, 0.15) is 11.4 Å². The third kappa shape index (κ3) is 4.28. The number of hydrogen-bond acceptors (Lipinski definition) is 3. The Balaban J connectivity index is 1.95. The van der Waals surface area contributed by atoms with Crippen molar-refractivity contribution in [2.75, 3.05) is 6.54 Å². The van der Waals surface area contributed by atoms with Crippen molar-refractivity contribution in [3.8, 4) is 0 Å². The molecule has 1 aromatic heterocycles. The maximum absolute atomic E-state index is 14.0. The van der Waals surface area contributed by atoms with Crippen LogP contribution in [0.1, 0.15) is 43.3 Å². The SMILES string of the molecule is CC(C)(C)OC(=O)N1CCc2c(C(F)(F)F)nn(Cc3ccccc3F)c2C1. The van der Waals surface area contributed by atoms with E-state index in [0.29, 0.717) is 0 Å². The lowest BCUT2D eigenvalue weighted by atomic mass is 10.0. The van der Waals surface area contributed by atoms with Crippen LogP contribution in [0.15, 0.2) is 24.3 Å². The molecule has 28 heavy (non-hydrogen) atoms. The topological polar surface area (TPSA) is 47.4 Å². The van der Waals surface area contributed by atoms with E-state index < -0.39 is 29.4 Å². The Morgan fingerprint density at radius 2 is 1.89 bits per heavy atom. The van der Waals surface area contributed by atoms with Crippen molar-refractivity contribution < 1.29 is 27.1 Å². The first kappa shape index (κ1) is 20.2. The van der Waals surface area contributed by atoms with E-state index in [0.717, 1.165) is 4.68 Å². The minimum atomic E-state index is -4.63. The Morgan fingerprint density at radius 3 is 2.50 bits per heavy atom. The minimum absolute atomic E-state index is 0.000686. The number of halogens is 4. The molecule has 2 aromatic rings. The van der Waals surface area contributed by atoms with Crippen molar-refractivity contribution in [1.29, 1.82) is 0 Å². The van der Waals surface area contributed by atoms with Gasteiger partial charge in [0.15, 0.2) is 5.69 Å². The third-order valence-electron chi connectivity index (χ3n) is 4.34. The van der Waals surface area contributed by atoms with Gasteiger partial charge < -0.3 is 9.64 Å². The van der Waals surface area contributed by atoms with Crippen LogP contribution in [0.4, 0.5) is 22.4 Å². The molecule has 0 saturated carbocycles. The Morgan fingerprint density at radius 1 is 1.21 bits per heavy atom. The number of benzene rings is 1. The molecule has 1 aliphatic rings. The Bertz CT molecular complexity index is 884. The predicted octanol–water partition coefficient (Wildman–Crippen LogP) is 4.38. The molecule has 0 saturated heterocycles. The molecule has 1 amide bonds. The molecule has 0 bridgehead atoms. The molecule has 1 aliphatic heterocycles. The van der Waals surface area contributed by atoms with E-state index in [1.165, 1.54) is 23.1 Å². The summed E-state index contributed by atoms with van der Waals surface area (Å²) in [6.07, 6.45) is -5.23. The Hall–Kier alpha value is -2.58. The molecule has 2 heterocycles. The summed E-state index contributed by atoms with van der Waals surface area (Å²) >= 11 is 0. The van der Waals surface area contributed by atoms with E-state index in [4.69, 9.17) is 4.74 Å². The maximum atomic E-state index is 14.0. The molecule has 0 atom stereocenters. The number of aromatic nitrogens is 2. The zero-order valence-electron chi connectivity index (χ0n) is 15.8. The summed E-state index contributed by atoms with van der Waals surface area (Å²) in [6.45, 7) is 4.99. The maximum Gasteiger partial charge on any atom is 0.435 e. The highest BCUT2D eigenvalue weighted by Crippen LogP contribution is 2.35. The van der Waals surface area contributed by atoms with Gasteiger partial charge in [-0.1, -0.05) is 18.2 Å². The lowest BCUT2D eigenvalue weighted by Gasteiger charge is -2.30. The van der Waals surface area contributed by atoms with E-state index >= 15 is 0 Å². The number of alkyl halides is 3. The lowest BCUT2D eigenvalue weighted by Crippen LogP contribution is -2.40. The number of ether oxygens (including phenoxy) is 1. The molecule has 0 radical (unpaired) electrons. The average Bonchev–Trinajstić information content (AvgIpc) is 2.93. The molecule has 0 aliphatic carbocycles. The normalized spacial score (nSPS) is 14.8. The summed E-state index contributed by atoms with van der Waals surface area (Å²) in [4.78, 5) is 13.7. The van der Waals surface area contributed by atoms with Gasteiger partial charge in [-0.3, -0.25) is 4.68 Å². The monoisotopic (exact) mass is 399 g/mol. The summed E-state index contributed by atoms with van der Waals surface area (Å²) in [5.41, 5.74) is -1.20. The second kappa shape index (κ2) is 7.10. The highest BCUT2D eigenvalue weighted by Gasteiger charge is 2.41. The van der Waals surface area contributed by atoms with Crippen LogP contribution in [-0.4, -0.2) is 32.9 Å². The third-order valence-corrected chi connectivity index (χ3v) is 4.34. The molecular formula is C19H21F4N3O2. The molecule has 0 fully saturated rings. The first-order valence-electron chi connectivity index (χ1n) is 8.83. The molecule has 152 valence electrons. The fraction of sp³-hybridized carbons (Fsp3) is 0.474. The average molecular weight is 399 g/mol. The molecule has 3 rings (SSSR count). The number of hydrogen-bond donors (Lipinski definition) is 0. The molecule has 0 unspecified atom stereocenters. The van der Waals surface area contributed by atoms with Gasteiger partial charge in [0.05, 0.1) is 18.8 Å². The number of rotatable bonds is 2. The van der Waals surface area contributed by atoms with Crippen LogP contribution in [0.25, 0.3) is 0 Å². The quantitative estimate of drug-likeness (QED) is 0.704. The fourth-order valence-corrected chi connectivity index (χ4v) is 3.11. The molecule has 9 heteroatoms. The summed E-state index contributed by atoms with van der Waals surface area (Å²) in [5.74, 6) is -0.528. The van der Waals surface area contributed by atoms with E-state index in [2.05, 4.69) is 5.10 Å². The summed E-state index contributed by atoms with van der Waals surface area (Å²) < 4.78 is 60.7. The van der Waals surface area contributed by atoms with Gasteiger partial charge in [0, 0.05) is 17.7 Å². The Kier molecular flexibility index (Phi) is 5.12. The van der Waals surface area contributed by atoms with Crippen molar-refractivity contribution >= 4 is 6.09 Å². The second-order valence-corrected chi connectivity index (χ2v) is 7.67. The highest BCUT2D eigenvalue weighted by atomic mass is 19.4. The number of nitrogens with zero attached hydrogens (tertiary/aromatic N) is 3. The predicted molar refractivity (Wildman–Crippen MR) is 93.1 cm³/mol. The van der Waals surface area contributed by atoms with Crippen molar-refractivity contribution in [3.63, 3.8) is 0 Å². The minimum Gasteiger partial charge on any atom is -0.444 e. The van der Waals surface area contributed by atoms with Crippen LogP contribution in [0.3, 0.4) is 0 Å². The van der Waals surface area contributed by atoms with Crippen LogP contribution < -0.4 is 0 Å². The molecule has 0 spiro atoms. The number of carbonyl (C=O) groups is 1. The van der Waals surface area contributed by atoms with Crippen LogP contribution in [0, 0.1) is 5.82 Å². The van der Waals surface area contributed by atoms with Crippen molar-refractivity contribution in [2.45, 2.75) is 52.1 Å². The summed E-state index contributed by atoms with van der Waals surface area (Å²) in [5, 5.41) is 3.71. The van der Waals surface area contributed by atoms with Gasteiger partial charge in [-0.15, -0.1) is 0 Å². The van der Waals surface area contributed by atoms with Crippen LogP contribution in [-0.2, 0) is 30.4 Å². The van der Waals surface area contributed by atoms with E-state index in [-0.39, 0.29) is 42.9 Å². The first-order valence-corrected chi connectivity index (χ1v) is 8.83. The molecule has 0 N–H and O–H groups in total. The van der Waals surface area contributed by atoms with Crippen molar-refractivity contribution in [1.82, 2.24) is 14.7 Å². The fourth-order valence-electron chi connectivity index (χ4n) is 3.11. The van der Waals surface area contributed by atoms with E-state index in [1.807, 2.05) is 0 Å². The van der Waals surface area contributed by atoms with Crippen LogP contribution >= 0.6 is 0 Å². The Labute approximate surface area is 159 Å². The van der Waals surface area contributed by atoms with Gasteiger partial charge >= 0.3 is 12.3 Å². The lowest BCUT2D eigenvalue weighted by molar-refractivity contribution is -0.142. The van der Waals surface area contributed by atoms with Crippen LogP contribution in [0.5, 0.6) is 0 Å². The van der Waals surface area contributed by atoms with Crippen molar-refractivity contribution in [3.05, 3.63) is 52.6 Å². The van der Waals surface area contributed by atoms with E-state index in [1.54, 1.807) is 26.8 Å². The molecule has 1 aromatic carbocycles. The smallest absolute Gasteiger partial charge is 0.435 e. The number of amides is 1. The zero-order chi connectivity index (χ0) is 20.7. The molecular weight excluding hydrogens is 378 g/mol. The van der Waals surface area contributed by atoms with Crippen LogP contribution in [0.2, 0.25) is 0 Å². The van der Waals surface area contributed by atoms with Crippen molar-refractivity contribution in [2.24, 2.45) is 0 Å².